The molecule has 2 heterocycles. The van der Waals surface area contributed by atoms with E-state index >= 15 is 0 Å². The van der Waals surface area contributed by atoms with E-state index in [1.807, 2.05) is 60.7 Å². The Hall–Kier alpha value is -3.64. The van der Waals surface area contributed by atoms with E-state index in [2.05, 4.69) is 4.98 Å². The highest BCUT2D eigenvalue weighted by molar-refractivity contribution is 6.30. The zero-order valence-electron chi connectivity index (χ0n) is 16.8. The van der Waals surface area contributed by atoms with Crippen molar-refractivity contribution in [2.24, 2.45) is 0 Å². The van der Waals surface area contributed by atoms with Crippen molar-refractivity contribution in [3.8, 4) is 5.69 Å². The quantitative estimate of drug-likeness (QED) is 0.429. The molecule has 3 aromatic carbocycles. The van der Waals surface area contributed by atoms with E-state index in [9.17, 15) is 9.59 Å². The van der Waals surface area contributed by atoms with Crippen LogP contribution in [0.25, 0.3) is 27.6 Å². The van der Waals surface area contributed by atoms with Crippen LogP contribution in [0.15, 0.2) is 82.6 Å². The van der Waals surface area contributed by atoms with Crippen molar-refractivity contribution in [3.05, 3.63) is 104 Å². The average Bonchev–Trinajstić information content (AvgIpc) is 3.18. The van der Waals surface area contributed by atoms with Crippen molar-refractivity contribution in [1.82, 2.24) is 18.7 Å². The fraction of sp³-hybridized carbons (Fsp3) is 0.125. The van der Waals surface area contributed by atoms with Gasteiger partial charge in [-0.2, -0.15) is 0 Å². The Kier molecular flexibility index (Phi) is 4.71. The molecule has 0 atom stereocenters. The van der Waals surface area contributed by atoms with Crippen LogP contribution in [-0.2, 0) is 13.1 Å². The first-order chi connectivity index (χ1) is 15.1. The van der Waals surface area contributed by atoms with E-state index in [0.717, 1.165) is 16.3 Å². The summed E-state index contributed by atoms with van der Waals surface area (Å²) in [6, 6.07) is 21.1. The summed E-state index contributed by atoms with van der Waals surface area (Å²) in [7, 11) is 0. The van der Waals surface area contributed by atoms with Gasteiger partial charge in [-0.15, -0.1) is 0 Å². The fourth-order valence-corrected chi connectivity index (χ4v) is 4.24. The van der Waals surface area contributed by atoms with Gasteiger partial charge >= 0.3 is 5.69 Å². The van der Waals surface area contributed by atoms with Crippen LogP contribution in [-0.4, -0.2) is 18.7 Å². The minimum Gasteiger partial charge on any atom is -0.320 e. The van der Waals surface area contributed by atoms with Crippen molar-refractivity contribution >= 4 is 33.5 Å². The maximum absolute atomic E-state index is 13.4. The number of fused-ring (bicyclic) bond motifs is 2. The molecule has 154 valence electrons. The SMILES string of the molecule is CCn1c(=O)c2c(ncn2Cc2cccc(Cl)c2)n(-c2cccc3ccccc23)c1=O. The lowest BCUT2D eigenvalue weighted by molar-refractivity contribution is 0.655. The standard InChI is InChI=1S/C24H19ClN4O2/c1-2-28-23(30)21-22(26-15-27(21)14-16-7-5-10-18(25)13-16)29(24(28)31)20-12-6-9-17-8-3-4-11-19(17)20/h3-13,15H,2,14H2,1H3. The Labute approximate surface area is 182 Å². The van der Waals surface area contributed by atoms with E-state index < -0.39 is 5.69 Å². The molecular weight excluding hydrogens is 412 g/mol. The van der Waals surface area contributed by atoms with Crippen LogP contribution in [0.3, 0.4) is 0 Å². The summed E-state index contributed by atoms with van der Waals surface area (Å²) < 4.78 is 4.56. The highest BCUT2D eigenvalue weighted by Gasteiger charge is 2.19. The van der Waals surface area contributed by atoms with Gasteiger partial charge in [0.15, 0.2) is 11.2 Å². The third-order valence-corrected chi connectivity index (χ3v) is 5.70. The predicted octanol–water partition coefficient (Wildman–Crippen LogP) is 4.22. The fourth-order valence-electron chi connectivity index (χ4n) is 4.03. The summed E-state index contributed by atoms with van der Waals surface area (Å²) in [4.78, 5) is 31.1. The second-order valence-corrected chi connectivity index (χ2v) is 7.78. The maximum Gasteiger partial charge on any atom is 0.337 e. The van der Waals surface area contributed by atoms with Crippen molar-refractivity contribution in [3.63, 3.8) is 0 Å². The molecule has 5 aromatic rings. The summed E-state index contributed by atoms with van der Waals surface area (Å²) in [5, 5.41) is 2.55. The first-order valence-electron chi connectivity index (χ1n) is 10.0. The van der Waals surface area contributed by atoms with Crippen LogP contribution in [0.4, 0.5) is 0 Å². The van der Waals surface area contributed by atoms with Crippen LogP contribution in [0.2, 0.25) is 5.02 Å². The van der Waals surface area contributed by atoms with Gasteiger partial charge in [0, 0.05) is 23.5 Å². The zero-order valence-corrected chi connectivity index (χ0v) is 17.6. The Bertz CT molecular complexity index is 1560. The molecule has 0 bridgehead atoms. The topological polar surface area (TPSA) is 61.8 Å². The van der Waals surface area contributed by atoms with Gasteiger partial charge < -0.3 is 4.57 Å². The third-order valence-electron chi connectivity index (χ3n) is 5.47. The highest BCUT2D eigenvalue weighted by atomic mass is 35.5. The number of hydrogen-bond acceptors (Lipinski definition) is 3. The molecule has 31 heavy (non-hydrogen) atoms. The molecule has 0 spiro atoms. The van der Waals surface area contributed by atoms with Crippen LogP contribution in [0, 0.1) is 0 Å². The smallest absolute Gasteiger partial charge is 0.320 e. The van der Waals surface area contributed by atoms with Gasteiger partial charge in [-0.05, 0) is 36.1 Å². The van der Waals surface area contributed by atoms with E-state index in [1.54, 1.807) is 23.9 Å². The number of hydrogen-bond donors (Lipinski definition) is 0. The molecule has 6 nitrogen and oxygen atoms in total. The van der Waals surface area contributed by atoms with Gasteiger partial charge in [0.05, 0.1) is 12.0 Å². The summed E-state index contributed by atoms with van der Waals surface area (Å²) in [6.07, 6.45) is 1.61. The first-order valence-corrected chi connectivity index (χ1v) is 10.4. The Morgan fingerprint density at radius 1 is 0.968 bits per heavy atom. The van der Waals surface area contributed by atoms with Crippen LogP contribution >= 0.6 is 11.6 Å². The number of aromatic nitrogens is 4. The minimum atomic E-state index is -0.399. The first kappa shape index (κ1) is 19.3. The molecule has 0 radical (unpaired) electrons. The molecule has 7 heteroatoms. The molecular formula is C24H19ClN4O2. The summed E-state index contributed by atoms with van der Waals surface area (Å²) in [6.45, 7) is 2.48. The summed E-state index contributed by atoms with van der Waals surface area (Å²) in [5.74, 6) is 0. The molecule has 0 unspecified atom stereocenters. The maximum atomic E-state index is 13.4. The molecule has 0 amide bonds. The van der Waals surface area contributed by atoms with E-state index in [-0.39, 0.29) is 12.1 Å². The molecule has 0 N–H and O–H groups in total. The van der Waals surface area contributed by atoms with Crippen LogP contribution in [0.5, 0.6) is 0 Å². The normalized spacial score (nSPS) is 11.4. The third kappa shape index (κ3) is 3.16. The predicted molar refractivity (Wildman–Crippen MR) is 123 cm³/mol. The highest BCUT2D eigenvalue weighted by Crippen LogP contribution is 2.23. The van der Waals surface area contributed by atoms with E-state index in [0.29, 0.717) is 28.4 Å². The molecule has 2 aromatic heterocycles. The van der Waals surface area contributed by atoms with Gasteiger partial charge in [0.1, 0.15) is 0 Å². The Balaban J connectivity index is 1.83. The van der Waals surface area contributed by atoms with E-state index in [1.165, 1.54) is 9.13 Å². The molecule has 0 aliphatic rings. The van der Waals surface area contributed by atoms with Gasteiger partial charge in [-0.3, -0.25) is 9.36 Å². The Morgan fingerprint density at radius 3 is 2.55 bits per heavy atom. The summed E-state index contributed by atoms with van der Waals surface area (Å²) >= 11 is 6.13. The largest absolute Gasteiger partial charge is 0.337 e. The molecule has 0 aliphatic heterocycles. The molecule has 0 saturated heterocycles. The molecule has 5 rings (SSSR count). The average molecular weight is 431 g/mol. The second kappa shape index (κ2) is 7.56. The van der Waals surface area contributed by atoms with Gasteiger partial charge in [0.2, 0.25) is 0 Å². The van der Waals surface area contributed by atoms with Crippen molar-refractivity contribution in [2.75, 3.05) is 0 Å². The molecule has 0 fully saturated rings. The number of rotatable bonds is 4. The van der Waals surface area contributed by atoms with E-state index in [4.69, 9.17) is 11.6 Å². The van der Waals surface area contributed by atoms with Gasteiger partial charge in [-0.25, -0.2) is 14.3 Å². The number of imidazole rings is 1. The van der Waals surface area contributed by atoms with Crippen molar-refractivity contribution in [1.29, 1.82) is 0 Å². The van der Waals surface area contributed by atoms with Gasteiger partial charge in [0.25, 0.3) is 5.56 Å². The zero-order chi connectivity index (χ0) is 21.5. The minimum absolute atomic E-state index is 0.265. The monoisotopic (exact) mass is 430 g/mol. The van der Waals surface area contributed by atoms with Gasteiger partial charge in [-0.1, -0.05) is 60.1 Å². The number of nitrogens with zero attached hydrogens (tertiary/aromatic N) is 4. The molecule has 0 aliphatic carbocycles. The number of halogens is 1. The van der Waals surface area contributed by atoms with Crippen molar-refractivity contribution in [2.45, 2.75) is 20.0 Å². The van der Waals surface area contributed by atoms with Crippen LogP contribution in [0.1, 0.15) is 12.5 Å². The van der Waals surface area contributed by atoms with Crippen molar-refractivity contribution < 1.29 is 0 Å². The summed E-state index contributed by atoms with van der Waals surface area (Å²) in [5.41, 5.74) is 1.62. The second-order valence-electron chi connectivity index (χ2n) is 7.34. The van der Waals surface area contributed by atoms with Crippen LogP contribution < -0.4 is 11.2 Å². The molecule has 0 saturated carbocycles. The number of benzene rings is 3. The lowest BCUT2D eigenvalue weighted by Gasteiger charge is -2.13. The Morgan fingerprint density at radius 2 is 1.74 bits per heavy atom. The lowest BCUT2D eigenvalue weighted by Crippen LogP contribution is -2.39. The lowest BCUT2D eigenvalue weighted by atomic mass is 10.1.